The molecule has 0 unspecified atom stereocenters. The largest absolute Gasteiger partial charge is 0.493 e. The molecular weight excluding hydrogens is 282 g/mol. The molecule has 2 heterocycles. The Morgan fingerprint density at radius 1 is 1.45 bits per heavy atom. The minimum Gasteiger partial charge on any atom is -0.493 e. The summed E-state index contributed by atoms with van der Waals surface area (Å²) in [7, 11) is 0. The van der Waals surface area contributed by atoms with Crippen LogP contribution in [0.1, 0.15) is 17.8 Å². The summed E-state index contributed by atoms with van der Waals surface area (Å²) in [4.78, 5) is 16.3. The molecule has 2 aromatic rings. The van der Waals surface area contributed by atoms with Crippen LogP contribution in [0.5, 0.6) is 5.75 Å². The Bertz CT molecular complexity index is 655. The van der Waals surface area contributed by atoms with Gasteiger partial charge in [-0.25, -0.2) is 0 Å². The van der Waals surface area contributed by atoms with Gasteiger partial charge in [-0.15, -0.1) is 5.10 Å². The molecule has 0 fully saturated rings. The highest BCUT2D eigenvalue weighted by Gasteiger charge is 2.23. The van der Waals surface area contributed by atoms with E-state index in [0.717, 1.165) is 17.7 Å². The van der Waals surface area contributed by atoms with Crippen LogP contribution in [0, 0.1) is 5.92 Å². The number of para-hydroxylation sites is 1. The number of rotatable bonds is 4. The average Bonchev–Trinajstić information content (AvgIpc) is 2.81. The lowest BCUT2D eigenvalue weighted by Crippen LogP contribution is -2.33. The van der Waals surface area contributed by atoms with Gasteiger partial charge in [-0.2, -0.15) is 4.98 Å². The van der Waals surface area contributed by atoms with Crippen molar-refractivity contribution in [2.45, 2.75) is 19.3 Å². The van der Waals surface area contributed by atoms with Crippen molar-refractivity contribution in [3.05, 3.63) is 35.7 Å². The highest BCUT2D eigenvalue weighted by atomic mass is 16.5. The number of aromatic amines is 1. The molecule has 1 amide bonds. The van der Waals surface area contributed by atoms with E-state index in [1.807, 2.05) is 24.3 Å². The molecule has 4 N–H and O–H groups in total. The van der Waals surface area contributed by atoms with Crippen LogP contribution in [-0.2, 0) is 17.6 Å². The number of hydrogen-bond donors (Lipinski definition) is 3. The van der Waals surface area contributed by atoms with E-state index >= 15 is 0 Å². The third-order valence-electron chi connectivity index (χ3n) is 3.74. The maximum atomic E-state index is 12.3. The SMILES string of the molecule is Nc1n[nH]c(CCNC(=O)[C@H]2CCOc3ccccc3C2)n1. The molecule has 0 bridgehead atoms. The fraction of sp³-hybridized carbons (Fsp3) is 0.400. The molecular formula is C15H19N5O2. The standard InChI is InChI=1S/C15H19N5O2/c16-15-18-13(19-20-15)5-7-17-14(21)11-6-8-22-12-4-2-1-3-10(12)9-11/h1-4,11H,5-9H2,(H,17,21)(H3,16,18,19,20)/t11-/m0/s1. The quantitative estimate of drug-likeness (QED) is 0.770. The zero-order valence-corrected chi connectivity index (χ0v) is 12.2. The first-order valence-corrected chi connectivity index (χ1v) is 7.37. The normalized spacial score (nSPS) is 17.2. The third-order valence-corrected chi connectivity index (χ3v) is 3.74. The highest BCUT2D eigenvalue weighted by Crippen LogP contribution is 2.26. The van der Waals surface area contributed by atoms with Crippen molar-refractivity contribution in [3.8, 4) is 5.75 Å². The lowest BCUT2D eigenvalue weighted by Gasteiger charge is -2.13. The number of carbonyl (C=O) groups is 1. The van der Waals surface area contributed by atoms with Crippen molar-refractivity contribution >= 4 is 11.9 Å². The second-order valence-electron chi connectivity index (χ2n) is 5.33. The van der Waals surface area contributed by atoms with Gasteiger partial charge in [-0.1, -0.05) is 18.2 Å². The van der Waals surface area contributed by atoms with E-state index in [1.54, 1.807) is 0 Å². The van der Waals surface area contributed by atoms with Gasteiger partial charge < -0.3 is 15.8 Å². The van der Waals surface area contributed by atoms with Gasteiger partial charge >= 0.3 is 0 Å². The maximum absolute atomic E-state index is 12.3. The van der Waals surface area contributed by atoms with Crippen molar-refractivity contribution in [1.82, 2.24) is 20.5 Å². The fourth-order valence-corrected chi connectivity index (χ4v) is 2.59. The number of nitrogens with zero attached hydrogens (tertiary/aromatic N) is 2. The Morgan fingerprint density at radius 3 is 3.14 bits per heavy atom. The topological polar surface area (TPSA) is 106 Å². The van der Waals surface area contributed by atoms with Gasteiger partial charge in [0.1, 0.15) is 11.6 Å². The molecule has 22 heavy (non-hydrogen) atoms. The third kappa shape index (κ3) is 3.36. The number of hydrogen-bond acceptors (Lipinski definition) is 5. The number of nitrogens with one attached hydrogen (secondary N) is 2. The molecule has 1 aromatic carbocycles. The Labute approximate surface area is 128 Å². The molecule has 1 aliphatic heterocycles. The van der Waals surface area contributed by atoms with Gasteiger partial charge in [0.15, 0.2) is 0 Å². The van der Waals surface area contributed by atoms with Crippen molar-refractivity contribution < 1.29 is 9.53 Å². The zero-order valence-electron chi connectivity index (χ0n) is 12.2. The molecule has 0 radical (unpaired) electrons. The van der Waals surface area contributed by atoms with Gasteiger partial charge in [-0.3, -0.25) is 9.89 Å². The molecule has 7 nitrogen and oxygen atoms in total. The van der Waals surface area contributed by atoms with E-state index in [9.17, 15) is 4.79 Å². The van der Waals surface area contributed by atoms with E-state index in [4.69, 9.17) is 10.5 Å². The summed E-state index contributed by atoms with van der Waals surface area (Å²) >= 11 is 0. The molecule has 3 rings (SSSR count). The van der Waals surface area contributed by atoms with Crippen LogP contribution in [-0.4, -0.2) is 34.2 Å². The summed E-state index contributed by atoms with van der Waals surface area (Å²) in [6.45, 7) is 1.07. The summed E-state index contributed by atoms with van der Waals surface area (Å²) in [6.07, 6.45) is 2.00. The molecule has 0 aliphatic carbocycles. The monoisotopic (exact) mass is 301 g/mol. The van der Waals surface area contributed by atoms with Crippen LogP contribution in [0.15, 0.2) is 24.3 Å². The van der Waals surface area contributed by atoms with Gasteiger partial charge in [0, 0.05) is 18.9 Å². The van der Waals surface area contributed by atoms with Crippen LogP contribution in [0.2, 0.25) is 0 Å². The number of anilines is 1. The van der Waals surface area contributed by atoms with E-state index in [2.05, 4.69) is 20.5 Å². The van der Waals surface area contributed by atoms with E-state index in [-0.39, 0.29) is 17.8 Å². The number of aromatic nitrogens is 3. The highest BCUT2D eigenvalue weighted by molar-refractivity contribution is 5.79. The first-order valence-electron chi connectivity index (χ1n) is 7.37. The minimum absolute atomic E-state index is 0.0489. The van der Waals surface area contributed by atoms with Crippen LogP contribution >= 0.6 is 0 Å². The van der Waals surface area contributed by atoms with Crippen LogP contribution in [0.3, 0.4) is 0 Å². The van der Waals surface area contributed by atoms with E-state index in [1.165, 1.54) is 0 Å². The number of fused-ring (bicyclic) bond motifs is 1. The Kier molecular flexibility index (Phi) is 4.22. The Balaban J connectivity index is 1.54. The molecule has 1 atom stereocenters. The van der Waals surface area contributed by atoms with Crippen molar-refractivity contribution in [2.75, 3.05) is 18.9 Å². The number of benzene rings is 1. The van der Waals surface area contributed by atoms with E-state index < -0.39 is 0 Å². The molecule has 7 heteroatoms. The van der Waals surface area contributed by atoms with Crippen LogP contribution in [0.4, 0.5) is 5.95 Å². The summed E-state index contributed by atoms with van der Waals surface area (Å²) in [5.41, 5.74) is 6.52. The lowest BCUT2D eigenvalue weighted by molar-refractivity contribution is -0.125. The second-order valence-corrected chi connectivity index (χ2v) is 5.33. The number of ether oxygens (including phenoxy) is 1. The summed E-state index contributed by atoms with van der Waals surface area (Å²) in [6, 6.07) is 7.88. The van der Waals surface area contributed by atoms with Crippen molar-refractivity contribution in [1.29, 1.82) is 0 Å². The molecule has 116 valence electrons. The predicted octanol–water partition coefficient (Wildman–Crippen LogP) is 0.687. The van der Waals surface area contributed by atoms with Crippen LogP contribution < -0.4 is 15.8 Å². The summed E-state index contributed by atoms with van der Waals surface area (Å²) < 4.78 is 5.69. The average molecular weight is 301 g/mol. The first-order chi connectivity index (χ1) is 10.7. The molecule has 1 aromatic heterocycles. The summed E-state index contributed by atoms with van der Waals surface area (Å²) in [5.74, 6) is 1.76. The van der Waals surface area contributed by atoms with E-state index in [0.29, 0.717) is 31.8 Å². The van der Waals surface area contributed by atoms with Gasteiger partial charge in [0.2, 0.25) is 11.9 Å². The maximum Gasteiger partial charge on any atom is 0.239 e. The lowest BCUT2D eigenvalue weighted by atomic mass is 9.96. The summed E-state index contributed by atoms with van der Waals surface area (Å²) in [5, 5.41) is 9.42. The number of H-pyrrole nitrogens is 1. The zero-order chi connectivity index (χ0) is 15.4. The second kappa shape index (κ2) is 6.46. The molecule has 0 saturated carbocycles. The molecule has 0 spiro atoms. The number of nitrogens with two attached hydrogens (primary N) is 1. The Morgan fingerprint density at radius 2 is 2.32 bits per heavy atom. The predicted molar refractivity (Wildman–Crippen MR) is 81.3 cm³/mol. The van der Waals surface area contributed by atoms with Gasteiger partial charge in [0.05, 0.1) is 6.61 Å². The van der Waals surface area contributed by atoms with Gasteiger partial charge in [-0.05, 0) is 24.5 Å². The molecule has 1 aliphatic rings. The first kappa shape index (κ1) is 14.4. The minimum atomic E-state index is -0.0663. The van der Waals surface area contributed by atoms with Crippen molar-refractivity contribution in [2.24, 2.45) is 5.92 Å². The number of nitrogen functional groups attached to an aromatic ring is 1. The van der Waals surface area contributed by atoms with Gasteiger partial charge in [0.25, 0.3) is 0 Å². The van der Waals surface area contributed by atoms with Crippen LogP contribution in [0.25, 0.3) is 0 Å². The number of amides is 1. The number of carbonyl (C=O) groups excluding carboxylic acids is 1. The molecule has 0 saturated heterocycles. The van der Waals surface area contributed by atoms with Crippen molar-refractivity contribution in [3.63, 3.8) is 0 Å². The Hall–Kier alpha value is -2.57. The fourth-order valence-electron chi connectivity index (χ4n) is 2.59. The smallest absolute Gasteiger partial charge is 0.239 e.